The van der Waals surface area contributed by atoms with Gasteiger partial charge in [-0.25, -0.2) is 4.98 Å². The van der Waals surface area contributed by atoms with Crippen molar-refractivity contribution >= 4 is 40.7 Å². The quantitative estimate of drug-likeness (QED) is 0.565. The number of rotatable bonds is 5. The molecule has 1 heterocycles. The van der Waals surface area contributed by atoms with E-state index in [9.17, 15) is 13.2 Å². The molecule has 0 spiro atoms. The van der Waals surface area contributed by atoms with Gasteiger partial charge in [-0.15, -0.1) is 0 Å². The van der Waals surface area contributed by atoms with Gasteiger partial charge in [0, 0.05) is 17.1 Å². The Kier molecular flexibility index (Phi) is 5.62. The van der Waals surface area contributed by atoms with Gasteiger partial charge in [0.25, 0.3) is 0 Å². The van der Waals surface area contributed by atoms with Gasteiger partial charge in [0.15, 0.2) is 11.5 Å². The molecular formula is C16H16Cl2F3N5. The number of anilines is 3. The molecule has 0 saturated heterocycles. The van der Waals surface area contributed by atoms with Crippen LogP contribution in [0.15, 0.2) is 24.3 Å². The van der Waals surface area contributed by atoms with E-state index in [1.807, 2.05) is 0 Å². The number of benzene rings is 1. The van der Waals surface area contributed by atoms with Crippen molar-refractivity contribution in [3.05, 3.63) is 40.0 Å². The Bertz CT molecular complexity index is 779. The molecular weight excluding hydrogens is 390 g/mol. The SMILES string of the molecule is FC(F)(F)c1cc(NNc2ccc(Cl)cc2Cl)nc(NC2CCCC2)n1. The van der Waals surface area contributed by atoms with E-state index in [1.165, 1.54) is 6.07 Å². The zero-order valence-electron chi connectivity index (χ0n) is 13.5. The van der Waals surface area contributed by atoms with Crippen molar-refractivity contribution in [2.75, 3.05) is 16.2 Å². The van der Waals surface area contributed by atoms with Gasteiger partial charge in [-0.1, -0.05) is 36.0 Å². The fraction of sp³-hybridized carbons (Fsp3) is 0.375. The molecule has 0 aliphatic heterocycles. The molecule has 1 aliphatic carbocycles. The molecule has 10 heteroatoms. The molecule has 0 unspecified atom stereocenters. The van der Waals surface area contributed by atoms with Crippen LogP contribution in [-0.4, -0.2) is 16.0 Å². The summed E-state index contributed by atoms with van der Waals surface area (Å²) in [5.41, 5.74) is 4.78. The molecule has 2 aromatic rings. The maximum absolute atomic E-state index is 13.1. The van der Waals surface area contributed by atoms with Gasteiger partial charge >= 0.3 is 6.18 Å². The van der Waals surface area contributed by atoms with Crippen LogP contribution in [0.1, 0.15) is 31.4 Å². The summed E-state index contributed by atoms with van der Waals surface area (Å²) in [6.07, 6.45) is -0.720. The van der Waals surface area contributed by atoms with E-state index >= 15 is 0 Å². The molecule has 0 atom stereocenters. The smallest absolute Gasteiger partial charge is 0.351 e. The van der Waals surface area contributed by atoms with E-state index < -0.39 is 11.9 Å². The van der Waals surface area contributed by atoms with Gasteiger partial charge in [0.2, 0.25) is 5.95 Å². The van der Waals surface area contributed by atoms with Gasteiger partial charge in [0.1, 0.15) is 0 Å². The van der Waals surface area contributed by atoms with E-state index in [0.717, 1.165) is 31.7 Å². The normalized spacial score (nSPS) is 15.1. The third-order valence-electron chi connectivity index (χ3n) is 3.96. The minimum Gasteiger partial charge on any atom is -0.351 e. The zero-order valence-corrected chi connectivity index (χ0v) is 15.0. The maximum atomic E-state index is 13.1. The average molecular weight is 406 g/mol. The lowest BCUT2D eigenvalue weighted by Gasteiger charge is -2.16. The number of alkyl halides is 3. The van der Waals surface area contributed by atoms with Crippen molar-refractivity contribution < 1.29 is 13.2 Å². The first-order chi connectivity index (χ1) is 12.3. The van der Waals surface area contributed by atoms with Crippen LogP contribution in [-0.2, 0) is 6.18 Å². The lowest BCUT2D eigenvalue weighted by Crippen LogP contribution is -2.20. The first kappa shape index (κ1) is 18.8. The number of hydrogen-bond acceptors (Lipinski definition) is 5. The van der Waals surface area contributed by atoms with Crippen LogP contribution < -0.4 is 16.2 Å². The van der Waals surface area contributed by atoms with Crippen LogP contribution in [0.3, 0.4) is 0 Å². The highest BCUT2D eigenvalue weighted by Gasteiger charge is 2.34. The van der Waals surface area contributed by atoms with Gasteiger partial charge < -0.3 is 5.32 Å². The zero-order chi connectivity index (χ0) is 18.7. The summed E-state index contributed by atoms with van der Waals surface area (Å²) in [5.74, 6) is -0.0860. The molecule has 3 rings (SSSR count). The summed E-state index contributed by atoms with van der Waals surface area (Å²) in [5, 5.41) is 3.75. The number of hydrogen-bond donors (Lipinski definition) is 3. The Morgan fingerprint density at radius 2 is 1.73 bits per heavy atom. The molecule has 5 nitrogen and oxygen atoms in total. The van der Waals surface area contributed by atoms with Crippen LogP contribution >= 0.6 is 23.2 Å². The van der Waals surface area contributed by atoms with E-state index in [0.29, 0.717) is 15.7 Å². The fourth-order valence-corrected chi connectivity index (χ4v) is 3.15. The molecule has 1 aromatic carbocycles. The predicted molar refractivity (Wildman–Crippen MR) is 96.6 cm³/mol. The third-order valence-corrected chi connectivity index (χ3v) is 4.51. The van der Waals surface area contributed by atoms with Gasteiger partial charge in [-0.2, -0.15) is 18.2 Å². The van der Waals surface area contributed by atoms with Crippen molar-refractivity contribution in [1.82, 2.24) is 9.97 Å². The summed E-state index contributed by atoms with van der Waals surface area (Å²) in [6, 6.07) is 5.63. The minimum atomic E-state index is -4.58. The third kappa shape index (κ3) is 4.82. The summed E-state index contributed by atoms with van der Waals surface area (Å²) < 4.78 is 39.4. The number of nitrogens with zero attached hydrogens (tertiary/aromatic N) is 2. The molecule has 0 radical (unpaired) electrons. The fourth-order valence-electron chi connectivity index (χ4n) is 2.70. The van der Waals surface area contributed by atoms with Crippen LogP contribution in [0.4, 0.5) is 30.6 Å². The van der Waals surface area contributed by atoms with Crippen molar-refractivity contribution in [3.63, 3.8) is 0 Å². The second-order valence-electron chi connectivity index (χ2n) is 5.96. The Morgan fingerprint density at radius 3 is 2.38 bits per heavy atom. The van der Waals surface area contributed by atoms with Crippen molar-refractivity contribution in [1.29, 1.82) is 0 Å². The van der Waals surface area contributed by atoms with E-state index in [4.69, 9.17) is 23.2 Å². The maximum Gasteiger partial charge on any atom is 0.433 e. The molecule has 0 amide bonds. The van der Waals surface area contributed by atoms with Crippen LogP contribution in [0, 0.1) is 0 Å². The monoisotopic (exact) mass is 405 g/mol. The Morgan fingerprint density at radius 1 is 1.00 bits per heavy atom. The first-order valence-electron chi connectivity index (χ1n) is 8.01. The lowest BCUT2D eigenvalue weighted by molar-refractivity contribution is -0.141. The highest BCUT2D eigenvalue weighted by molar-refractivity contribution is 6.36. The number of hydrazine groups is 1. The summed E-state index contributed by atoms with van der Waals surface area (Å²) in [4.78, 5) is 7.70. The number of nitrogens with one attached hydrogen (secondary N) is 3. The number of aromatic nitrogens is 2. The molecule has 1 fully saturated rings. The summed E-state index contributed by atoms with van der Waals surface area (Å²) in [6.45, 7) is 0. The molecule has 0 bridgehead atoms. The van der Waals surface area contributed by atoms with Gasteiger partial charge in [0.05, 0.1) is 10.7 Å². The largest absolute Gasteiger partial charge is 0.433 e. The standard InChI is InChI=1S/C16H16Cl2F3N5/c17-9-5-6-12(11(18)7-9)25-26-14-8-13(16(19,20)21)23-15(24-14)22-10-3-1-2-4-10/h5-8,10,25H,1-4H2,(H2,22,23,24,26). The van der Waals surface area contributed by atoms with Crippen molar-refractivity contribution in [2.45, 2.75) is 37.9 Å². The highest BCUT2D eigenvalue weighted by Crippen LogP contribution is 2.31. The molecule has 3 N–H and O–H groups in total. The van der Waals surface area contributed by atoms with Crippen LogP contribution in [0.2, 0.25) is 10.0 Å². The predicted octanol–water partition coefficient (Wildman–Crippen LogP) is 5.60. The Labute approximate surface area is 158 Å². The second-order valence-corrected chi connectivity index (χ2v) is 6.80. The lowest BCUT2D eigenvalue weighted by atomic mass is 10.2. The topological polar surface area (TPSA) is 61.9 Å². The van der Waals surface area contributed by atoms with Crippen LogP contribution in [0.25, 0.3) is 0 Å². The minimum absolute atomic E-state index is 0.0289. The Balaban J connectivity index is 1.80. The Hall–Kier alpha value is -1.93. The summed E-state index contributed by atoms with van der Waals surface area (Å²) in [7, 11) is 0. The molecule has 140 valence electrons. The molecule has 26 heavy (non-hydrogen) atoms. The van der Waals surface area contributed by atoms with E-state index in [1.54, 1.807) is 12.1 Å². The molecule has 1 aromatic heterocycles. The van der Waals surface area contributed by atoms with Crippen molar-refractivity contribution in [3.8, 4) is 0 Å². The average Bonchev–Trinajstić information content (AvgIpc) is 3.06. The van der Waals surface area contributed by atoms with Crippen LogP contribution in [0.5, 0.6) is 0 Å². The van der Waals surface area contributed by atoms with E-state index in [-0.39, 0.29) is 17.8 Å². The first-order valence-corrected chi connectivity index (χ1v) is 8.77. The van der Waals surface area contributed by atoms with Crippen molar-refractivity contribution in [2.24, 2.45) is 0 Å². The number of halogens is 5. The van der Waals surface area contributed by atoms with Gasteiger partial charge in [-0.3, -0.25) is 10.9 Å². The van der Waals surface area contributed by atoms with E-state index in [2.05, 4.69) is 26.1 Å². The second kappa shape index (κ2) is 7.75. The summed E-state index contributed by atoms with van der Waals surface area (Å²) >= 11 is 11.9. The molecule has 1 aliphatic rings. The highest BCUT2D eigenvalue weighted by atomic mass is 35.5. The molecule has 1 saturated carbocycles. The van der Waals surface area contributed by atoms with Gasteiger partial charge in [-0.05, 0) is 31.0 Å².